The highest BCUT2D eigenvalue weighted by molar-refractivity contribution is 6.66. The second kappa shape index (κ2) is 6.05. The van der Waals surface area contributed by atoms with E-state index >= 15 is 0 Å². The fourth-order valence-corrected chi connectivity index (χ4v) is 3.47. The smallest absolute Gasteiger partial charge is 0.398 e. The molecule has 5 nitrogen and oxygen atoms in total. The summed E-state index contributed by atoms with van der Waals surface area (Å²) >= 11 is 0. The number of fused-ring (bicyclic) bond motifs is 1. The zero-order valence-corrected chi connectivity index (χ0v) is 18.1. The highest BCUT2D eigenvalue weighted by Crippen LogP contribution is 2.38. The van der Waals surface area contributed by atoms with Crippen LogP contribution in [-0.4, -0.2) is 41.6 Å². The summed E-state index contributed by atoms with van der Waals surface area (Å²) in [7, 11) is -1.08. The summed E-state index contributed by atoms with van der Waals surface area (Å²) in [5.41, 5.74) is -0.199. The second-order valence-electron chi connectivity index (χ2n) is 9.83. The van der Waals surface area contributed by atoms with E-state index in [9.17, 15) is 0 Å². The summed E-state index contributed by atoms with van der Waals surface area (Å²) in [6.45, 7) is 16.4. The number of pyridine rings is 1. The number of aromatic nitrogens is 1. The molecule has 4 rings (SSSR count). The third kappa shape index (κ3) is 3.00. The molecule has 0 atom stereocenters. The van der Waals surface area contributed by atoms with Crippen molar-refractivity contribution in [2.24, 2.45) is 0 Å². The Morgan fingerprint density at radius 3 is 1.68 bits per heavy atom. The van der Waals surface area contributed by atoms with Crippen LogP contribution >= 0.6 is 0 Å². The minimum absolute atomic E-state index is 0.421. The van der Waals surface area contributed by atoms with Crippen LogP contribution in [0.15, 0.2) is 30.3 Å². The van der Waals surface area contributed by atoms with Crippen LogP contribution in [0.3, 0.4) is 0 Å². The normalized spacial score (nSPS) is 24.9. The van der Waals surface area contributed by atoms with Gasteiger partial charge < -0.3 is 18.6 Å². The van der Waals surface area contributed by atoms with Crippen LogP contribution in [0.4, 0.5) is 0 Å². The summed E-state index contributed by atoms with van der Waals surface area (Å²) in [5, 5.41) is 2.08. The molecular weight excluding hydrogens is 352 g/mol. The lowest BCUT2D eigenvalue weighted by Crippen LogP contribution is -2.45. The van der Waals surface area contributed by atoms with Gasteiger partial charge in [-0.15, -0.1) is 0 Å². The van der Waals surface area contributed by atoms with Crippen molar-refractivity contribution in [2.45, 2.75) is 77.8 Å². The molecular formula is C21H29B2NO4. The molecule has 0 radical (unpaired) electrons. The van der Waals surface area contributed by atoms with Gasteiger partial charge in [-0.2, -0.15) is 0 Å². The van der Waals surface area contributed by atoms with Gasteiger partial charge in [0.2, 0.25) is 0 Å². The number of rotatable bonds is 2. The van der Waals surface area contributed by atoms with Crippen LogP contribution in [-0.2, 0) is 18.6 Å². The van der Waals surface area contributed by atoms with Crippen molar-refractivity contribution in [2.75, 3.05) is 0 Å². The molecule has 2 aromatic rings. The average Bonchev–Trinajstić information content (AvgIpc) is 2.93. The van der Waals surface area contributed by atoms with Crippen molar-refractivity contribution >= 4 is 36.2 Å². The monoisotopic (exact) mass is 381 g/mol. The molecule has 0 unspecified atom stereocenters. The van der Waals surface area contributed by atoms with Gasteiger partial charge in [0, 0.05) is 0 Å². The third-order valence-corrected chi connectivity index (χ3v) is 6.76. The SMILES string of the molecule is CC1(C)OB(c2cc3ccccc3c(B3OC(C)(C)C(C)(C)O3)n2)OC1(C)C. The first-order chi connectivity index (χ1) is 12.8. The Labute approximate surface area is 168 Å². The Hall–Kier alpha value is -1.40. The molecule has 0 amide bonds. The Bertz CT molecular complexity index is 894. The highest BCUT2D eigenvalue weighted by atomic mass is 16.7. The lowest BCUT2D eigenvalue weighted by molar-refractivity contribution is 0.00578. The number of benzene rings is 1. The molecule has 2 saturated heterocycles. The molecule has 2 aliphatic heterocycles. The molecule has 2 aliphatic rings. The Morgan fingerprint density at radius 2 is 1.14 bits per heavy atom. The fraction of sp³-hybridized carbons (Fsp3) is 0.571. The Balaban J connectivity index is 1.80. The van der Waals surface area contributed by atoms with Crippen molar-refractivity contribution in [3.05, 3.63) is 30.3 Å². The van der Waals surface area contributed by atoms with Crippen molar-refractivity contribution in [3.8, 4) is 0 Å². The van der Waals surface area contributed by atoms with E-state index in [2.05, 4.69) is 12.1 Å². The van der Waals surface area contributed by atoms with Crippen LogP contribution in [0.2, 0.25) is 0 Å². The van der Waals surface area contributed by atoms with Gasteiger partial charge >= 0.3 is 14.2 Å². The molecule has 0 N–H and O–H groups in total. The summed E-state index contributed by atoms with van der Waals surface area (Å²) in [6, 6.07) is 10.2. The number of hydrogen-bond acceptors (Lipinski definition) is 5. The maximum Gasteiger partial charge on any atom is 0.515 e. The fourth-order valence-electron chi connectivity index (χ4n) is 3.47. The zero-order valence-electron chi connectivity index (χ0n) is 18.1. The van der Waals surface area contributed by atoms with E-state index in [0.717, 1.165) is 22.0 Å². The highest BCUT2D eigenvalue weighted by Gasteiger charge is 2.55. The molecule has 28 heavy (non-hydrogen) atoms. The number of hydrogen-bond donors (Lipinski definition) is 0. The second-order valence-corrected chi connectivity index (χ2v) is 9.83. The van der Waals surface area contributed by atoms with Gasteiger partial charge in [-0.25, -0.2) is 0 Å². The van der Waals surface area contributed by atoms with Crippen LogP contribution in [0.5, 0.6) is 0 Å². The maximum absolute atomic E-state index is 6.29. The molecule has 0 bridgehead atoms. The van der Waals surface area contributed by atoms with E-state index in [1.165, 1.54) is 0 Å². The molecule has 0 saturated carbocycles. The van der Waals surface area contributed by atoms with Crippen molar-refractivity contribution in [1.82, 2.24) is 4.98 Å². The summed E-state index contributed by atoms with van der Waals surface area (Å²) < 4.78 is 25.0. The van der Waals surface area contributed by atoms with Crippen LogP contribution < -0.4 is 11.2 Å². The molecule has 0 spiro atoms. The van der Waals surface area contributed by atoms with Crippen molar-refractivity contribution in [1.29, 1.82) is 0 Å². The van der Waals surface area contributed by atoms with Gasteiger partial charge in [0.05, 0.1) is 33.6 Å². The first-order valence-corrected chi connectivity index (χ1v) is 9.94. The van der Waals surface area contributed by atoms with Gasteiger partial charge in [-0.05, 0) is 72.2 Å². The summed E-state index contributed by atoms with van der Waals surface area (Å²) in [5.74, 6) is 0. The van der Waals surface area contributed by atoms with Crippen LogP contribution in [0.1, 0.15) is 55.4 Å². The molecule has 1 aromatic heterocycles. The first-order valence-electron chi connectivity index (χ1n) is 9.94. The van der Waals surface area contributed by atoms with Gasteiger partial charge in [0.15, 0.2) is 0 Å². The number of nitrogens with zero attached hydrogens (tertiary/aromatic N) is 1. The molecule has 3 heterocycles. The minimum atomic E-state index is -0.544. The minimum Gasteiger partial charge on any atom is -0.398 e. The Morgan fingerprint density at radius 1 is 0.679 bits per heavy atom. The summed E-state index contributed by atoms with van der Waals surface area (Å²) in [4.78, 5) is 4.93. The van der Waals surface area contributed by atoms with E-state index in [1.807, 2.05) is 73.6 Å². The predicted octanol–water partition coefficient (Wildman–Crippen LogP) is 2.83. The lowest BCUT2D eigenvalue weighted by atomic mass is 9.77. The summed E-state index contributed by atoms with van der Waals surface area (Å²) in [6.07, 6.45) is 0. The van der Waals surface area contributed by atoms with Gasteiger partial charge in [0.25, 0.3) is 0 Å². The Kier molecular flexibility index (Phi) is 4.30. The molecule has 2 fully saturated rings. The zero-order chi connectivity index (χ0) is 20.5. The maximum atomic E-state index is 6.29. The van der Waals surface area contributed by atoms with Crippen molar-refractivity contribution in [3.63, 3.8) is 0 Å². The molecule has 148 valence electrons. The van der Waals surface area contributed by atoms with E-state index in [1.54, 1.807) is 0 Å². The van der Waals surface area contributed by atoms with Gasteiger partial charge in [-0.3, -0.25) is 4.98 Å². The van der Waals surface area contributed by atoms with E-state index in [4.69, 9.17) is 23.6 Å². The average molecular weight is 381 g/mol. The third-order valence-electron chi connectivity index (χ3n) is 6.76. The first kappa shape index (κ1) is 19.9. The molecule has 0 aliphatic carbocycles. The van der Waals surface area contributed by atoms with Crippen LogP contribution in [0.25, 0.3) is 10.8 Å². The molecule has 1 aromatic carbocycles. The van der Waals surface area contributed by atoms with Crippen molar-refractivity contribution < 1.29 is 18.6 Å². The van der Waals surface area contributed by atoms with E-state index < -0.39 is 36.6 Å². The lowest BCUT2D eigenvalue weighted by Gasteiger charge is -2.32. The van der Waals surface area contributed by atoms with Gasteiger partial charge in [0.1, 0.15) is 0 Å². The predicted molar refractivity (Wildman–Crippen MR) is 113 cm³/mol. The van der Waals surface area contributed by atoms with Crippen LogP contribution in [0, 0.1) is 0 Å². The van der Waals surface area contributed by atoms with E-state index in [-0.39, 0.29) is 0 Å². The largest absolute Gasteiger partial charge is 0.515 e. The molecule has 7 heteroatoms. The van der Waals surface area contributed by atoms with E-state index in [0.29, 0.717) is 0 Å². The van der Waals surface area contributed by atoms with Gasteiger partial charge in [-0.1, -0.05) is 24.3 Å². The quantitative estimate of drug-likeness (QED) is 0.749. The topological polar surface area (TPSA) is 49.8 Å². The standard InChI is InChI=1S/C21H29B2NO4/c1-18(2)19(3,4)26-22(25-18)16-13-14-11-9-10-12-15(14)17(24-16)23-27-20(5,6)21(7,8)28-23/h9-13H,1-8H3.